The highest BCUT2D eigenvalue weighted by Crippen LogP contribution is 2.28. The second kappa shape index (κ2) is 5.03. The SMILES string of the molecule is O=CCc1ccc(-c2ccc(CF)cc2)s1. The molecule has 16 heavy (non-hydrogen) atoms. The molecule has 0 aliphatic heterocycles. The van der Waals surface area contributed by atoms with Crippen molar-refractivity contribution < 1.29 is 9.18 Å². The molecule has 0 saturated carbocycles. The van der Waals surface area contributed by atoms with E-state index in [0.29, 0.717) is 12.0 Å². The molecule has 1 nitrogen and oxygen atoms in total. The number of aldehydes is 1. The smallest absolute Gasteiger partial charge is 0.125 e. The molecule has 0 unspecified atom stereocenters. The van der Waals surface area contributed by atoms with Gasteiger partial charge in [0, 0.05) is 16.2 Å². The molecule has 0 saturated heterocycles. The van der Waals surface area contributed by atoms with Crippen molar-refractivity contribution in [1.29, 1.82) is 0 Å². The predicted octanol–water partition coefficient (Wildman–Crippen LogP) is 3.63. The normalized spacial score (nSPS) is 10.3. The first kappa shape index (κ1) is 11.0. The number of thiophene rings is 1. The summed E-state index contributed by atoms with van der Waals surface area (Å²) >= 11 is 1.60. The highest BCUT2D eigenvalue weighted by Gasteiger charge is 2.02. The van der Waals surface area contributed by atoms with Gasteiger partial charge in [-0.2, -0.15) is 0 Å². The Balaban J connectivity index is 2.24. The Labute approximate surface area is 97.6 Å². The van der Waals surface area contributed by atoms with E-state index in [1.165, 1.54) is 0 Å². The Morgan fingerprint density at radius 1 is 1.12 bits per heavy atom. The van der Waals surface area contributed by atoms with Crippen molar-refractivity contribution in [3.8, 4) is 10.4 Å². The molecule has 0 bridgehead atoms. The minimum Gasteiger partial charge on any atom is -0.303 e. The first-order valence-electron chi connectivity index (χ1n) is 5.01. The van der Waals surface area contributed by atoms with E-state index < -0.39 is 6.67 Å². The van der Waals surface area contributed by atoms with Crippen LogP contribution in [0.5, 0.6) is 0 Å². The first-order valence-corrected chi connectivity index (χ1v) is 5.83. The van der Waals surface area contributed by atoms with Crippen LogP contribution in [-0.4, -0.2) is 6.29 Å². The van der Waals surface area contributed by atoms with E-state index in [0.717, 1.165) is 21.6 Å². The predicted molar refractivity (Wildman–Crippen MR) is 64.3 cm³/mol. The van der Waals surface area contributed by atoms with Crippen LogP contribution in [0.15, 0.2) is 36.4 Å². The Kier molecular flexibility index (Phi) is 3.47. The molecule has 0 N–H and O–H groups in total. The molecular formula is C13H11FOS. The summed E-state index contributed by atoms with van der Waals surface area (Å²) in [5.41, 5.74) is 1.76. The van der Waals surface area contributed by atoms with Gasteiger partial charge in [-0.05, 0) is 23.3 Å². The van der Waals surface area contributed by atoms with Crippen molar-refractivity contribution in [2.45, 2.75) is 13.1 Å². The van der Waals surface area contributed by atoms with Crippen molar-refractivity contribution in [3.63, 3.8) is 0 Å². The maximum atomic E-state index is 12.3. The van der Waals surface area contributed by atoms with Crippen molar-refractivity contribution >= 4 is 17.6 Å². The molecule has 0 atom stereocenters. The van der Waals surface area contributed by atoms with Gasteiger partial charge in [0.05, 0.1) is 0 Å². The molecule has 82 valence electrons. The third-order valence-electron chi connectivity index (χ3n) is 2.34. The average Bonchev–Trinajstić information content (AvgIpc) is 2.78. The standard InChI is InChI=1S/C13H11FOS/c14-9-10-1-3-11(4-2-10)13-6-5-12(16-13)7-8-15/h1-6,8H,7,9H2. The van der Waals surface area contributed by atoms with Crippen LogP contribution in [0, 0.1) is 0 Å². The van der Waals surface area contributed by atoms with Crippen LogP contribution in [0.3, 0.4) is 0 Å². The highest BCUT2D eigenvalue weighted by molar-refractivity contribution is 7.15. The Hall–Kier alpha value is -1.48. The molecule has 1 heterocycles. The monoisotopic (exact) mass is 234 g/mol. The molecular weight excluding hydrogens is 223 g/mol. The maximum absolute atomic E-state index is 12.3. The number of alkyl halides is 1. The molecule has 2 aromatic rings. The van der Waals surface area contributed by atoms with E-state index in [2.05, 4.69) is 0 Å². The zero-order valence-corrected chi connectivity index (χ0v) is 9.47. The summed E-state index contributed by atoms with van der Waals surface area (Å²) in [5, 5.41) is 0. The summed E-state index contributed by atoms with van der Waals surface area (Å²) < 4.78 is 12.3. The van der Waals surface area contributed by atoms with Gasteiger partial charge in [0.1, 0.15) is 13.0 Å². The molecule has 0 radical (unpaired) electrons. The van der Waals surface area contributed by atoms with Crippen molar-refractivity contribution in [2.24, 2.45) is 0 Å². The quantitative estimate of drug-likeness (QED) is 0.738. The second-order valence-corrected chi connectivity index (χ2v) is 4.64. The highest BCUT2D eigenvalue weighted by atomic mass is 32.1. The molecule has 3 heteroatoms. The van der Waals surface area contributed by atoms with Gasteiger partial charge < -0.3 is 4.79 Å². The maximum Gasteiger partial charge on any atom is 0.125 e. The van der Waals surface area contributed by atoms with Gasteiger partial charge in [-0.3, -0.25) is 0 Å². The number of halogens is 1. The summed E-state index contributed by atoms with van der Waals surface area (Å²) in [6, 6.07) is 11.3. The molecule has 1 aromatic heterocycles. The number of benzene rings is 1. The lowest BCUT2D eigenvalue weighted by Crippen LogP contribution is -1.78. The number of hydrogen-bond donors (Lipinski definition) is 0. The molecule has 0 spiro atoms. The van der Waals surface area contributed by atoms with E-state index in [-0.39, 0.29) is 0 Å². The Bertz CT molecular complexity index is 473. The van der Waals surface area contributed by atoms with Crippen molar-refractivity contribution in [3.05, 3.63) is 46.8 Å². The van der Waals surface area contributed by atoms with Gasteiger partial charge in [0.15, 0.2) is 0 Å². The fraction of sp³-hybridized carbons (Fsp3) is 0.154. The number of rotatable bonds is 4. The summed E-state index contributed by atoms with van der Waals surface area (Å²) in [7, 11) is 0. The van der Waals surface area contributed by atoms with E-state index in [4.69, 9.17) is 0 Å². The van der Waals surface area contributed by atoms with Gasteiger partial charge in [0.2, 0.25) is 0 Å². The molecule has 0 fully saturated rings. The zero-order valence-electron chi connectivity index (χ0n) is 8.65. The minimum atomic E-state index is -0.429. The van der Waals surface area contributed by atoms with Crippen LogP contribution in [0.4, 0.5) is 4.39 Å². The minimum absolute atomic E-state index is 0.429. The van der Waals surface area contributed by atoms with Crippen LogP contribution in [0.25, 0.3) is 10.4 Å². The molecule has 0 aliphatic carbocycles. The average molecular weight is 234 g/mol. The van der Waals surface area contributed by atoms with Crippen LogP contribution in [-0.2, 0) is 17.9 Å². The fourth-order valence-electron chi connectivity index (χ4n) is 1.48. The van der Waals surface area contributed by atoms with Gasteiger partial charge in [0.25, 0.3) is 0 Å². The number of hydrogen-bond acceptors (Lipinski definition) is 2. The zero-order chi connectivity index (χ0) is 11.4. The largest absolute Gasteiger partial charge is 0.303 e. The van der Waals surface area contributed by atoms with Gasteiger partial charge in [-0.1, -0.05) is 24.3 Å². The summed E-state index contributed by atoms with van der Waals surface area (Å²) in [5.74, 6) is 0. The van der Waals surface area contributed by atoms with E-state index in [9.17, 15) is 9.18 Å². The molecule has 0 aliphatic rings. The lowest BCUT2D eigenvalue weighted by Gasteiger charge is -1.98. The molecule has 2 rings (SSSR count). The van der Waals surface area contributed by atoms with Crippen LogP contribution >= 0.6 is 11.3 Å². The summed E-state index contributed by atoms with van der Waals surface area (Å²) in [4.78, 5) is 12.5. The van der Waals surface area contributed by atoms with Crippen LogP contribution in [0.2, 0.25) is 0 Å². The van der Waals surface area contributed by atoms with E-state index in [1.54, 1.807) is 23.5 Å². The van der Waals surface area contributed by atoms with Gasteiger partial charge >= 0.3 is 0 Å². The van der Waals surface area contributed by atoms with Gasteiger partial charge in [-0.25, -0.2) is 4.39 Å². The number of carbonyl (C=O) groups is 1. The van der Waals surface area contributed by atoms with Crippen molar-refractivity contribution in [2.75, 3.05) is 0 Å². The van der Waals surface area contributed by atoms with Gasteiger partial charge in [-0.15, -0.1) is 11.3 Å². The Morgan fingerprint density at radius 2 is 1.88 bits per heavy atom. The lowest BCUT2D eigenvalue weighted by atomic mass is 10.1. The summed E-state index contributed by atoms with van der Waals surface area (Å²) in [6.45, 7) is -0.429. The Morgan fingerprint density at radius 3 is 2.50 bits per heavy atom. The fourth-order valence-corrected chi connectivity index (χ4v) is 2.44. The molecule has 1 aromatic carbocycles. The molecule has 0 amide bonds. The third-order valence-corrected chi connectivity index (χ3v) is 3.50. The van der Waals surface area contributed by atoms with Crippen LogP contribution in [0.1, 0.15) is 10.4 Å². The van der Waals surface area contributed by atoms with E-state index >= 15 is 0 Å². The lowest BCUT2D eigenvalue weighted by molar-refractivity contribution is -0.107. The second-order valence-electron chi connectivity index (χ2n) is 3.47. The van der Waals surface area contributed by atoms with Crippen LogP contribution < -0.4 is 0 Å². The first-order chi connectivity index (χ1) is 7.83. The van der Waals surface area contributed by atoms with Crippen molar-refractivity contribution in [1.82, 2.24) is 0 Å². The summed E-state index contributed by atoms with van der Waals surface area (Å²) in [6.07, 6.45) is 1.37. The third kappa shape index (κ3) is 2.36. The van der Waals surface area contributed by atoms with E-state index in [1.807, 2.05) is 24.3 Å². The topological polar surface area (TPSA) is 17.1 Å². The number of carbonyl (C=O) groups excluding carboxylic acids is 1.